The first kappa shape index (κ1) is 10.6. The number of nitrogens with one attached hydrogen (secondary N) is 1. The molecule has 84 valence electrons. The predicted octanol–water partition coefficient (Wildman–Crippen LogP) is 3.59. The van der Waals surface area contributed by atoms with Gasteiger partial charge in [0.15, 0.2) is 6.29 Å². The van der Waals surface area contributed by atoms with Gasteiger partial charge in [0.2, 0.25) is 0 Å². The average Bonchev–Trinajstić information content (AvgIpc) is 2.94. The Hall–Kier alpha value is -1.59. The Bertz CT molecular complexity index is 639. The standard InChI is InChI=1S/C12H8N2OS2/c15-7-9-11(6-13-14-9)17-12-5-8-3-1-2-4-10(8)16-12/h1-7H,(H,13,14). The van der Waals surface area contributed by atoms with E-state index in [-0.39, 0.29) is 0 Å². The van der Waals surface area contributed by atoms with Crippen LogP contribution in [0.2, 0.25) is 0 Å². The van der Waals surface area contributed by atoms with Crippen LogP contribution in [-0.2, 0) is 0 Å². The summed E-state index contributed by atoms with van der Waals surface area (Å²) in [6, 6.07) is 10.4. The summed E-state index contributed by atoms with van der Waals surface area (Å²) in [6.07, 6.45) is 2.47. The monoisotopic (exact) mass is 260 g/mol. The molecule has 3 nitrogen and oxygen atoms in total. The van der Waals surface area contributed by atoms with Crippen molar-refractivity contribution in [3.05, 3.63) is 42.2 Å². The van der Waals surface area contributed by atoms with Gasteiger partial charge in [-0.05, 0) is 17.5 Å². The number of H-pyrrole nitrogens is 1. The van der Waals surface area contributed by atoms with Crippen LogP contribution in [0, 0.1) is 0 Å². The largest absolute Gasteiger partial charge is 0.296 e. The Morgan fingerprint density at radius 3 is 3.06 bits per heavy atom. The summed E-state index contributed by atoms with van der Waals surface area (Å²) < 4.78 is 2.42. The lowest BCUT2D eigenvalue weighted by molar-refractivity contribution is 0.111. The van der Waals surface area contributed by atoms with Crippen molar-refractivity contribution in [3.8, 4) is 0 Å². The average molecular weight is 260 g/mol. The van der Waals surface area contributed by atoms with Crippen molar-refractivity contribution in [2.24, 2.45) is 0 Å². The molecule has 1 aromatic carbocycles. The summed E-state index contributed by atoms with van der Waals surface area (Å²) in [7, 11) is 0. The molecule has 0 saturated carbocycles. The van der Waals surface area contributed by atoms with E-state index in [1.54, 1.807) is 29.3 Å². The lowest BCUT2D eigenvalue weighted by Gasteiger charge is -1.92. The molecule has 0 aliphatic carbocycles. The minimum absolute atomic E-state index is 0.535. The van der Waals surface area contributed by atoms with E-state index in [9.17, 15) is 4.79 Å². The Morgan fingerprint density at radius 1 is 1.35 bits per heavy atom. The zero-order valence-electron chi connectivity index (χ0n) is 8.71. The van der Waals surface area contributed by atoms with Crippen molar-refractivity contribution in [1.82, 2.24) is 10.2 Å². The van der Waals surface area contributed by atoms with Gasteiger partial charge in [-0.3, -0.25) is 9.89 Å². The fraction of sp³-hybridized carbons (Fsp3) is 0. The molecule has 0 fully saturated rings. The minimum Gasteiger partial charge on any atom is -0.296 e. The second kappa shape index (κ2) is 4.35. The van der Waals surface area contributed by atoms with Gasteiger partial charge >= 0.3 is 0 Å². The third kappa shape index (κ3) is 1.99. The van der Waals surface area contributed by atoms with Gasteiger partial charge in [-0.2, -0.15) is 5.10 Å². The van der Waals surface area contributed by atoms with E-state index in [0.717, 1.165) is 15.4 Å². The highest BCUT2D eigenvalue weighted by atomic mass is 32.2. The molecule has 2 aromatic heterocycles. The molecular weight excluding hydrogens is 252 g/mol. The van der Waals surface area contributed by atoms with Crippen molar-refractivity contribution in [1.29, 1.82) is 0 Å². The smallest absolute Gasteiger partial charge is 0.169 e. The van der Waals surface area contributed by atoms with Gasteiger partial charge in [-0.25, -0.2) is 0 Å². The Labute approximate surface area is 106 Å². The van der Waals surface area contributed by atoms with Crippen LogP contribution in [-0.4, -0.2) is 16.5 Å². The summed E-state index contributed by atoms with van der Waals surface area (Å²) >= 11 is 3.28. The van der Waals surface area contributed by atoms with Crippen LogP contribution in [0.1, 0.15) is 10.5 Å². The summed E-state index contributed by atoms with van der Waals surface area (Å²) in [4.78, 5) is 11.6. The number of aromatic amines is 1. The number of carbonyl (C=O) groups excluding carboxylic acids is 1. The van der Waals surface area contributed by atoms with Crippen molar-refractivity contribution in [2.45, 2.75) is 9.10 Å². The van der Waals surface area contributed by atoms with E-state index in [1.165, 1.54) is 10.1 Å². The fourth-order valence-electron chi connectivity index (χ4n) is 1.57. The number of fused-ring (bicyclic) bond motifs is 1. The molecule has 17 heavy (non-hydrogen) atoms. The molecule has 0 unspecified atom stereocenters. The van der Waals surface area contributed by atoms with Gasteiger partial charge in [0.25, 0.3) is 0 Å². The molecule has 0 radical (unpaired) electrons. The maximum absolute atomic E-state index is 10.8. The third-order valence-corrected chi connectivity index (χ3v) is 4.64. The molecule has 0 atom stereocenters. The molecule has 0 aliphatic rings. The number of hydrogen-bond donors (Lipinski definition) is 1. The first-order chi connectivity index (χ1) is 8.36. The van der Waals surface area contributed by atoms with Gasteiger partial charge < -0.3 is 0 Å². The normalized spacial score (nSPS) is 10.8. The minimum atomic E-state index is 0.535. The zero-order valence-corrected chi connectivity index (χ0v) is 10.3. The molecule has 3 rings (SSSR count). The van der Waals surface area contributed by atoms with Crippen LogP contribution in [0.4, 0.5) is 0 Å². The number of thiophene rings is 1. The maximum atomic E-state index is 10.8. The third-order valence-electron chi connectivity index (χ3n) is 2.36. The van der Waals surface area contributed by atoms with E-state index in [4.69, 9.17) is 0 Å². The molecule has 2 heterocycles. The predicted molar refractivity (Wildman–Crippen MR) is 69.9 cm³/mol. The summed E-state index contributed by atoms with van der Waals surface area (Å²) in [5, 5.41) is 7.78. The second-order valence-corrected chi connectivity index (χ2v) is 5.90. The highest BCUT2D eigenvalue weighted by Gasteiger charge is 2.08. The van der Waals surface area contributed by atoms with Crippen LogP contribution in [0.3, 0.4) is 0 Å². The Balaban J connectivity index is 1.97. The second-order valence-electron chi connectivity index (χ2n) is 3.47. The topological polar surface area (TPSA) is 45.8 Å². The molecule has 0 bridgehead atoms. The highest BCUT2D eigenvalue weighted by molar-refractivity contribution is 8.01. The molecule has 0 spiro atoms. The number of carbonyl (C=O) groups is 1. The quantitative estimate of drug-likeness (QED) is 0.732. The number of hydrogen-bond acceptors (Lipinski definition) is 4. The van der Waals surface area contributed by atoms with E-state index in [0.29, 0.717) is 5.69 Å². The van der Waals surface area contributed by atoms with Crippen LogP contribution in [0.25, 0.3) is 10.1 Å². The number of rotatable bonds is 3. The number of aromatic nitrogens is 2. The summed E-state index contributed by atoms with van der Waals surface area (Å²) in [5.74, 6) is 0. The van der Waals surface area contributed by atoms with Crippen molar-refractivity contribution in [2.75, 3.05) is 0 Å². The number of nitrogens with zero attached hydrogens (tertiary/aromatic N) is 1. The Kier molecular flexibility index (Phi) is 2.70. The van der Waals surface area contributed by atoms with E-state index in [2.05, 4.69) is 28.4 Å². The zero-order chi connectivity index (χ0) is 11.7. The summed E-state index contributed by atoms with van der Waals surface area (Å²) in [5.41, 5.74) is 0.535. The first-order valence-corrected chi connectivity index (χ1v) is 6.65. The fourth-order valence-corrected chi connectivity index (χ4v) is 3.78. The number of benzene rings is 1. The van der Waals surface area contributed by atoms with Crippen molar-refractivity contribution in [3.63, 3.8) is 0 Å². The molecule has 0 amide bonds. The molecule has 3 aromatic rings. The van der Waals surface area contributed by atoms with E-state index < -0.39 is 0 Å². The van der Waals surface area contributed by atoms with Crippen LogP contribution in [0.15, 0.2) is 45.6 Å². The van der Waals surface area contributed by atoms with Crippen LogP contribution >= 0.6 is 23.1 Å². The van der Waals surface area contributed by atoms with Crippen LogP contribution in [0.5, 0.6) is 0 Å². The molecule has 5 heteroatoms. The first-order valence-electron chi connectivity index (χ1n) is 5.02. The van der Waals surface area contributed by atoms with Crippen LogP contribution < -0.4 is 0 Å². The lowest BCUT2D eigenvalue weighted by atomic mass is 10.3. The SMILES string of the molecule is O=Cc1[nH]ncc1Sc1cc2ccccc2s1. The summed E-state index contributed by atoms with van der Waals surface area (Å²) in [6.45, 7) is 0. The van der Waals surface area contributed by atoms with E-state index in [1.807, 2.05) is 12.1 Å². The maximum Gasteiger partial charge on any atom is 0.169 e. The van der Waals surface area contributed by atoms with Crippen molar-refractivity contribution < 1.29 is 4.79 Å². The highest BCUT2D eigenvalue weighted by Crippen LogP contribution is 2.37. The van der Waals surface area contributed by atoms with Gasteiger partial charge in [0.05, 0.1) is 15.3 Å². The lowest BCUT2D eigenvalue weighted by Crippen LogP contribution is -1.80. The molecule has 1 N–H and O–H groups in total. The molecular formula is C12H8N2OS2. The molecule has 0 aliphatic heterocycles. The van der Waals surface area contributed by atoms with Crippen molar-refractivity contribution >= 4 is 39.5 Å². The molecule has 0 saturated heterocycles. The number of aldehydes is 1. The van der Waals surface area contributed by atoms with Gasteiger partial charge in [-0.15, -0.1) is 11.3 Å². The van der Waals surface area contributed by atoms with E-state index >= 15 is 0 Å². The Morgan fingerprint density at radius 2 is 2.24 bits per heavy atom. The van der Waals surface area contributed by atoms with Gasteiger partial charge in [0, 0.05) is 4.70 Å². The van der Waals surface area contributed by atoms with Gasteiger partial charge in [-0.1, -0.05) is 30.0 Å². The van der Waals surface area contributed by atoms with Gasteiger partial charge in [0.1, 0.15) is 5.69 Å².